The number of aryl methyl sites for hydroxylation is 2. The average molecular weight is 291 g/mol. The topological polar surface area (TPSA) is 67.0 Å². The Hall–Kier alpha value is -1.78. The zero-order valence-corrected chi connectivity index (χ0v) is 13.5. The number of rotatable bonds is 2. The van der Waals surface area contributed by atoms with E-state index in [0.717, 1.165) is 30.7 Å². The van der Waals surface area contributed by atoms with Crippen LogP contribution in [0.3, 0.4) is 0 Å². The molecule has 5 nitrogen and oxygen atoms in total. The fraction of sp³-hybridized carbons (Fsp3) is 0.625. The van der Waals surface area contributed by atoms with Crippen molar-refractivity contribution in [3.8, 4) is 0 Å². The van der Waals surface area contributed by atoms with Gasteiger partial charge in [0.05, 0.1) is 5.69 Å². The summed E-state index contributed by atoms with van der Waals surface area (Å²) in [5, 5.41) is 10.2. The first-order valence-corrected chi connectivity index (χ1v) is 7.47. The number of amides is 1. The van der Waals surface area contributed by atoms with Gasteiger partial charge in [0.15, 0.2) is 0 Å². The molecule has 1 heterocycles. The highest BCUT2D eigenvalue weighted by molar-refractivity contribution is 5.71. The Morgan fingerprint density at radius 2 is 2.14 bits per heavy atom. The molecule has 0 fully saturated rings. The molecule has 0 saturated heterocycles. The molecule has 0 bridgehead atoms. The van der Waals surface area contributed by atoms with E-state index in [1.807, 2.05) is 34.6 Å². The van der Waals surface area contributed by atoms with Gasteiger partial charge in [-0.1, -0.05) is 6.08 Å². The quantitative estimate of drug-likeness (QED) is 0.876. The number of hydrogen-bond acceptors (Lipinski definition) is 3. The average Bonchev–Trinajstić information content (AvgIpc) is 2.68. The van der Waals surface area contributed by atoms with E-state index in [0.29, 0.717) is 0 Å². The number of ether oxygens (including phenoxy) is 1. The normalized spacial score (nSPS) is 19.1. The van der Waals surface area contributed by atoms with E-state index in [9.17, 15) is 4.79 Å². The molecule has 0 aliphatic heterocycles. The lowest BCUT2D eigenvalue weighted by molar-refractivity contribution is 0.0502. The van der Waals surface area contributed by atoms with Gasteiger partial charge < -0.3 is 10.1 Å². The van der Waals surface area contributed by atoms with Gasteiger partial charge in [0, 0.05) is 17.3 Å². The maximum Gasteiger partial charge on any atom is 0.407 e. The van der Waals surface area contributed by atoms with Crippen LogP contribution in [0.15, 0.2) is 6.08 Å². The van der Waals surface area contributed by atoms with Crippen LogP contribution in [-0.4, -0.2) is 27.9 Å². The van der Waals surface area contributed by atoms with E-state index in [2.05, 4.69) is 21.6 Å². The van der Waals surface area contributed by atoms with Crippen LogP contribution in [0, 0.1) is 13.8 Å². The first-order valence-electron chi connectivity index (χ1n) is 7.47. The van der Waals surface area contributed by atoms with Crippen molar-refractivity contribution in [3.05, 3.63) is 23.0 Å². The number of hydrogen-bond donors (Lipinski definition) is 2. The lowest BCUT2D eigenvalue weighted by atomic mass is 9.90. The van der Waals surface area contributed by atoms with Crippen molar-refractivity contribution in [2.45, 2.75) is 65.5 Å². The van der Waals surface area contributed by atoms with E-state index in [-0.39, 0.29) is 12.1 Å². The van der Waals surface area contributed by atoms with Gasteiger partial charge in [-0.2, -0.15) is 5.10 Å². The molecule has 1 aliphatic rings. The first-order chi connectivity index (χ1) is 9.76. The number of aromatic nitrogens is 2. The van der Waals surface area contributed by atoms with E-state index in [1.165, 1.54) is 11.1 Å². The summed E-state index contributed by atoms with van der Waals surface area (Å²) in [5.74, 6) is 0. The number of H-pyrrole nitrogens is 1. The van der Waals surface area contributed by atoms with Crippen molar-refractivity contribution in [2.24, 2.45) is 0 Å². The van der Waals surface area contributed by atoms with Gasteiger partial charge in [0.2, 0.25) is 0 Å². The zero-order chi connectivity index (χ0) is 15.6. The van der Waals surface area contributed by atoms with Crippen molar-refractivity contribution in [3.63, 3.8) is 0 Å². The number of allylic oxidation sites excluding steroid dienone is 1. The van der Waals surface area contributed by atoms with Crippen molar-refractivity contribution in [1.82, 2.24) is 15.5 Å². The molecule has 1 aromatic heterocycles. The Labute approximate surface area is 126 Å². The van der Waals surface area contributed by atoms with E-state index >= 15 is 0 Å². The molecule has 1 aromatic rings. The summed E-state index contributed by atoms with van der Waals surface area (Å²) < 4.78 is 5.29. The summed E-state index contributed by atoms with van der Waals surface area (Å²) in [4.78, 5) is 11.8. The monoisotopic (exact) mass is 291 g/mol. The predicted octanol–water partition coefficient (Wildman–Crippen LogP) is 3.49. The number of nitrogens with zero attached hydrogens (tertiary/aromatic N) is 1. The van der Waals surface area contributed by atoms with Gasteiger partial charge >= 0.3 is 6.09 Å². The van der Waals surface area contributed by atoms with Crippen LogP contribution in [-0.2, 0) is 4.74 Å². The molecule has 1 atom stereocenters. The van der Waals surface area contributed by atoms with Crippen molar-refractivity contribution in [1.29, 1.82) is 0 Å². The van der Waals surface area contributed by atoms with Crippen molar-refractivity contribution >= 4 is 11.7 Å². The zero-order valence-electron chi connectivity index (χ0n) is 13.5. The summed E-state index contributed by atoms with van der Waals surface area (Å²) in [6.45, 7) is 9.67. The molecule has 1 unspecified atom stereocenters. The molecular weight excluding hydrogens is 266 g/mol. The van der Waals surface area contributed by atoms with Crippen LogP contribution in [0.25, 0.3) is 5.57 Å². The standard InChI is InChI=1S/C16H25N3O2/c1-10-14(11(2)19-18-10)12-6-8-13(9-7-12)17-15(20)21-16(3,4)5/h6,13H,7-9H2,1-5H3,(H,17,20)(H,18,19). The fourth-order valence-electron chi connectivity index (χ4n) is 2.69. The summed E-state index contributed by atoms with van der Waals surface area (Å²) in [6, 6.07) is 0.149. The van der Waals surface area contributed by atoms with Gasteiger partial charge in [-0.15, -0.1) is 0 Å². The number of nitrogens with one attached hydrogen (secondary N) is 2. The third-order valence-electron chi connectivity index (χ3n) is 3.58. The SMILES string of the molecule is Cc1n[nH]c(C)c1C1=CCC(NC(=O)OC(C)(C)C)CC1. The highest BCUT2D eigenvalue weighted by atomic mass is 16.6. The second-order valence-corrected chi connectivity index (χ2v) is 6.66. The summed E-state index contributed by atoms with van der Waals surface area (Å²) in [7, 11) is 0. The number of alkyl carbamates (subject to hydrolysis) is 1. The van der Waals surface area contributed by atoms with Gasteiger partial charge in [0.1, 0.15) is 5.60 Å². The maximum atomic E-state index is 11.8. The molecule has 21 heavy (non-hydrogen) atoms. The van der Waals surface area contributed by atoms with Crippen LogP contribution in [0.1, 0.15) is 57.0 Å². The summed E-state index contributed by atoms with van der Waals surface area (Å²) in [6.07, 6.45) is 4.58. The van der Waals surface area contributed by atoms with Crippen LogP contribution in [0.5, 0.6) is 0 Å². The van der Waals surface area contributed by atoms with Crippen LogP contribution >= 0.6 is 0 Å². The third-order valence-corrected chi connectivity index (χ3v) is 3.58. The molecule has 2 N–H and O–H groups in total. The first kappa shape index (κ1) is 15.6. The van der Waals surface area contributed by atoms with Gasteiger partial charge in [-0.3, -0.25) is 5.10 Å². The molecule has 116 valence electrons. The molecule has 0 spiro atoms. The number of carbonyl (C=O) groups is 1. The smallest absolute Gasteiger partial charge is 0.407 e. The van der Waals surface area contributed by atoms with E-state index in [1.54, 1.807) is 0 Å². The molecule has 5 heteroatoms. The predicted molar refractivity (Wildman–Crippen MR) is 83.0 cm³/mol. The Kier molecular flexibility index (Phi) is 4.40. The molecule has 0 saturated carbocycles. The minimum absolute atomic E-state index is 0.149. The van der Waals surface area contributed by atoms with E-state index in [4.69, 9.17) is 4.74 Å². The molecular formula is C16H25N3O2. The lowest BCUT2D eigenvalue weighted by Crippen LogP contribution is -2.39. The largest absolute Gasteiger partial charge is 0.444 e. The fourth-order valence-corrected chi connectivity index (χ4v) is 2.69. The van der Waals surface area contributed by atoms with Crippen LogP contribution in [0.4, 0.5) is 4.79 Å². The lowest BCUT2D eigenvalue weighted by Gasteiger charge is -2.26. The second-order valence-electron chi connectivity index (χ2n) is 6.66. The Bertz CT molecular complexity index is 533. The Morgan fingerprint density at radius 3 is 2.62 bits per heavy atom. The molecule has 0 radical (unpaired) electrons. The summed E-state index contributed by atoms with van der Waals surface area (Å²) >= 11 is 0. The number of aromatic amines is 1. The van der Waals surface area contributed by atoms with Crippen LogP contribution in [0.2, 0.25) is 0 Å². The summed E-state index contributed by atoms with van der Waals surface area (Å²) in [5.41, 5.74) is 4.24. The van der Waals surface area contributed by atoms with E-state index < -0.39 is 5.60 Å². The molecule has 1 aliphatic carbocycles. The van der Waals surface area contributed by atoms with Crippen molar-refractivity contribution < 1.29 is 9.53 Å². The minimum atomic E-state index is -0.454. The highest BCUT2D eigenvalue weighted by Gasteiger charge is 2.22. The Morgan fingerprint density at radius 1 is 1.43 bits per heavy atom. The Balaban J connectivity index is 1.95. The molecule has 2 rings (SSSR count). The number of carbonyl (C=O) groups excluding carboxylic acids is 1. The van der Waals surface area contributed by atoms with Gasteiger partial charge in [-0.25, -0.2) is 4.79 Å². The van der Waals surface area contributed by atoms with Gasteiger partial charge in [0.25, 0.3) is 0 Å². The maximum absolute atomic E-state index is 11.8. The minimum Gasteiger partial charge on any atom is -0.444 e. The van der Waals surface area contributed by atoms with Crippen molar-refractivity contribution in [2.75, 3.05) is 0 Å². The molecule has 1 amide bonds. The highest BCUT2D eigenvalue weighted by Crippen LogP contribution is 2.30. The van der Waals surface area contributed by atoms with Gasteiger partial charge in [-0.05, 0) is 59.5 Å². The van der Waals surface area contributed by atoms with Crippen LogP contribution < -0.4 is 5.32 Å². The second kappa shape index (κ2) is 5.92. The third kappa shape index (κ3) is 4.09. The molecule has 0 aromatic carbocycles.